The molecule has 3 aromatic rings. The number of benzene rings is 1. The summed E-state index contributed by atoms with van der Waals surface area (Å²) in [6.45, 7) is 4.52. The van der Waals surface area contributed by atoms with Gasteiger partial charge >= 0.3 is 0 Å². The van der Waals surface area contributed by atoms with Crippen LogP contribution < -0.4 is 5.32 Å². The Hall–Kier alpha value is -1.65. The van der Waals surface area contributed by atoms with Gasteiger partial charge in [-0.1, -0.05) is 56.5 Å². The van der Waals surface area contributed by atoms with Crippen molar-refractivity contribution in [2.45, 2.75) is 39.2 Å². The van der Waals surface area contributed by atoms with Gasteiger partial charge in [0.15, 0.2) is 0 Å². The summed E-state index contributed by atoms with van der Waals surface area (Å²) in [6.07, 6.45) is 3.50. The predicted molar refractivity (Wildman–Crippen MR) is 106 cm³/mol. The summed E-state index contributed by atoms with van der Waals surface area (Å²) in [6, 6.07) is 10.1. The van der Waals surface area contributed by atoms with Crippen molar-refractivity contribution in [1.29, 1.82) is 0 Å². The molecule has 0 radical (unpaired) electrons. The maximum atomic E-state index is 12.8. The van der Waals surface area contributed by atoms with Crippen molar-refractivity contribution in [2.75, 3.05) is 0 Å². The second-order valence-corrected chi connectivity index (χ2v) is 8.53. The molecule has 130 valence electrons. The quantitative estimate of drug-likeness (QED) is 0.590. The first-order valence-electron chi connectivity index (χ1n) is 8.83. The van der Waals surface area contributed by atoms with E-state index in [0.29, 0.717) is 21.9 Å². The number of nitrogens with one attached hydrogen (secondary N) is 1. The lowest BCUT2D eigenvalue weighted by molar-refractivity contribution is 0.0895. The van der Waals surface area contributed by atoms with Crippen LogP contribution in [0.5, 0.6) is 0 Å². The number of hydrogen-bond donors (Lipinski definition) is 1. The SMILES string of the molecule is CC1CCCC(NC(=O)c2cc3c(Cl)nc4ccccc4c3s2)C1C. The Bertz CT molecular complexity index is 951. The van der Waals surface area contributed by atoms with Crippen LogP contribution in [0, 0.1) is 11.8 Å². The Morgan fingerprint density at radius 1 is 1.24 bits per heavy atom. The minimum Gasteiger partial charge on any atom is -0.348 e. The smallest absolute Gasteiger partial charge is 0.261 e. The van der Waals surface area contributed by atoms with Gasteiger partial charge in [0.05, 0.1) is 10.4 Å². The van der Waals surface area contributed by atoms with Crippen molar-refractivity contribution in [3.63, 3.8) is 0 Å². The van der Waals surface area contributed by atoms with Crippen molar-refractivity contribution in [1.82, 2.24) is 10.3 Å². The normalized spacial score (nSPS) is 23.9. The van der Waals surface area contributed by atoms with Gasteiger partial charge in [0, 0.05) is 21.5 Å². The van der Waals surface area contributed by atoms with Crippen LogP contribution >= 0.6 is 22.9 Å². The molecule has 1 saturated carbocycles. The highest BCUT2D eigenvalue weighted by Crippen LogP contribution is 2.36. The molecule has 1 amide bonds. The van der Waals surface area contributed by atoms with E-state index >= 15 is 0 Å². The topological polar surface area (TPSA) is 42.0 Å². The van der Waals surface area contributed by atoms with E-state index in [4.69, 9.17) is 11.6 Å². The van der Waals surface area contributed by atoms with Gasteiger partial charge in [-0.15, -0.1) is 11.3 Å². The fraction of sp³-hybridized carbons (Fsp3) is 0.400. The van der Waals surface area contributed by atoms with Gasteiger partial charge in [0.2, 0.25) is 0 Å². The largest absolute Gasteiger partial charge is 0.348 e. The van der Waals surface area contributed by atoms with Gasteiger partial charge in [0.1, 0.15) is 5.15 Å². The molecule has 1 aromatic carbocycles. The van der Waals surface area contributed by atoms with Crippen molar-refractivity contribution in [3.8, 4) is 0 Å². The summed E-state index contributed by atoms with van der Waals surface area (Å²) >= 11 is 7.86. The highest BCUT2D eigenvalue weighted by atomic mass is 35.5. The second-order valence-electron chi connectivity index (χ2n) is 7.12. The fourth-order valence-corrected chi connectivity index (χ4v) is 5.20. The number of carbonyl (C=O) groups is 1. The van der Waals surface area contributed by atoms with Crippen molar-refractivity contribution in [3.05, 3.63) is 40.4 Å². The molecule has 1 fully saturated rings. The van der Waals surface area contributed by atoms with E-state index in [-0.39, 0.29) is 11.9 Å². The third-order valence-corrected chi connectivity index (χ3v) is 7.02. The molecule has 0 aliphatic heterocycles. The zero-order chi connectivity index (χ0) is 17.6. The van der Waals surface area contributed by atoms with Crippen molar-refractivity contribution >= 4 is 49.8 Å². The molecule has 1 N–H and O–H groups in total. The van der Waals surface area contributed by atoms with Crippen LogP contribution in [0.15, 0.2) is 30.3 Å². The van der Waals surface area contributed by atoms with Crippen LogP contribution in [0.25, 0.3) is 21.0 Å². The fourth-order valence-electron chi connectivity index (χ4n) is 3.81. The molecular formula is C20H21ClN2OS. The van der Waals surface area contributed by atoms with E-state index in [1.807, 2.05) is 30.3 Å². The molecule has 3 unspecified atom stereocenters. The van der Waals surface area contributed by atoms with Gasteiger partial charge in [0.25, 0.3) is 5.91 Å². The Balaban J connectivity index is 1.68. The summed E-state index contributed by atoms with van der Waals surface area (Å²) in [5.41, 5.74) is 0.864. The predicted octanol–water partition coefficient (Wildman–Crippen LogP) is 5.66. The Morgan fingerprint density at radius 2 is 2.04 bits per heavy atom. The van der Waals surface area contributed by atoms with Gasteiger partial charge in [-0.25, -0.2) is 4.98 Å². The third-order valence-electron chi connectivity index (χ3n) is 5.57. The lowest BCUT2D eigenvalue weighted by Crippen LogP contribution is -2.43. The minimum absolute atomic E-state index is 0.00676. The molecule has 1 aliphatic rings. The molecule has 25 heavy (non-hydrogen) atoms. The summed E-state index contributed by atoms with van der Waals surface area (Å²) in [5, 5.41) is 5.62. The number of pyridine rings is 1. The molecule has 1 aliphatic carbocycles. The van der Waals surface area contributed by atoms with Gasteiger partial charge < -0.3 is 5.32 Å². The molecule has 2 heterocycles. The molecule has 0 saturated heterocycles. The first-order valence-corrected chi connectivity index (χ1v) is 10.0. The van der Waals surface area contributed by atoms with Crippen LogP contribution in [0.1, 0.15) is 42.8 Å². The molecule has 4 rings (SSSR count). The number of para-hydroxylation sites is 1. The zero-order valence-electron chi connectivity index (χ0n) is 14.4. The van der Waals surface area contributed by atoms with E-state index in [0.717, 1.165) is 27.4 Å². The number of rotatable bonds is 2. The van der Waals surface area contributed by atoms with Gasteiger partial charge in [-0.3, -0.25) is 4.79 Å². The van der Waals surface area contributed by atoms with Crippen molar-refractivity contribution < 1.29 is 4.79 Å². The maximum absolute atomic E-state index is 12.8. The maximum Gasteiger partial charge on any atom is 0.261 e. The highest BCUT2D eigenvalue weighted by Gasteiger charge is 2.29. The molecule has 3 atom stereocenters. The molecule has 3 nitrogen and oxygen atoms in total. The average Bonchev–Trinajstić information content (AvgIpc) is 3.05. The first kappa shape index (κ1) is 16.8. The number of fused-ring (bicyclic) bond motifs is 3. The monoisotopic (exact) mass is 372 g/mol. The number of aromatic nitrogens is 1. The number of nitrogens with zero attached hydrogens (tertiary/aromatic N) is 1. The molecule has 2 aromatic heterocycles. The third kappa shape index (κ3) is 3.02. The molecule has 5 heteroatoms. The van der Waals surface area contributed by atoms with Crippen molar-refractivity contribution in [2.24, 2.45) is 11.8 Å². The lowest BCUT2D eigenvalue weighted by atomic mass is 9.78. The number of halogens is 1. The van der Waals surface area contributed by atoms with E-state index in [1.165, 1.54) is 24.2 Å². The van der Waals surface area contributed by atoms with Crippen LogP contribution in [0.3, 0.4) is 0 Å². The van der Waals surface area contributed by atoms with E-state index in [9.17, 15) is 4.79 Å². The zero-order valence-corrected chi connectivity index (χ0v) is 16.0. The van der Waals surface area contributed by atoms with Gasteiger partial charge in [-0.05, 0) is 30.4 Å². The first-order chi connectivity index (χ1) is 12.0. The lowest BCUT2D eigenvalue weighted by Gasteiger charge is -2.34. The van der Waals surface area contributed by atoms with Crippen LogP contribution in [-0.2, 0) is 0 Å². The Labute approximate surface area is 156 Å². The highest BCUT2D eigenvalue weighted by molar-refractivity contribution is 7.21. The van der Waals surface area contributed by atoms with Crippen LogP contribution in [-0.4, -0.2) is 16.9 Å². The number of amides is 1. The minimum atomic E-state index is 0.00676. The summed E-state index contributed by atoms with van der Waals surface area (Å²) in [7, 11) is 0. The van der Waals surface area contributed by atoms with Crippen LogP contribution in [0.2, 0.25) is 5.15 Å². The number of hydrogen-bond acceptors (Lipinski definition) is 3. The van der Waals surface area contributed by atoms with Gasteiger partial charge in [-0.2, -0.15) is 0 Å². The summed E-state index contributed by atoms with van der Waals surface area (Å²) in [4.78, 5) is 18.0. The van der Waals surface area contributed by atoms with Crippen LogP contribution in [0.4, 0.5) is 0 Å². The Kier molecular flexibility index (Phi) is 4.42. The second kappa shape index (κ2) is 6.58. The standard InChI is InChI=1S/C20H21ClN2OS/c1-11-6-5-9-15(12(11)2)23-20(24)17-10-14-18(25-17)13-7-3-4-8-16(13)22-19(14)21/h3-4,7-8,10-12,15H,5-6,9H2,1-2H3,(H,23,24). The molecule has 0 bridgehead atoms. The summed E-state index contributed by atoms with van der Waals surface area (Å²) < 4.78 is 1.03. The summed E-state index contributed by atoms with van der Waals surface area (Å²) in [5.74, 6) is 1.18. The molecule has 0 spiro atoms. The van der Waals surface area contributed by atoms with E-state index < -0.39 is 0 Å². The number of thiophene rings is 1. The molecular weight excluding hydrogens is 352 g/mol. The van der Waals surface area contributed by atoms with E-state index in [1.54, 1.807) is 0 Å². The average molecular weight is 373 g/mol. The number of carbonyl (C=O) groups excluding carboxylic acids is 1. The van der Waals surface area contributed by atoms with E-state index in [2.05, 4.69) is 24.1 Å². The Morgan fingerprint density at radius 3 is 2.88 bits per heavy atom.